The zero-order valence-corrected chi connectivity index (χ0v) is 19.4. The van der Waals surface area contributed by atoms with Gasteiger partial charge < -0.3 is 10.1 Å². The third-order valence-corrected chi connectivity index (χ3v) is 5.45. The molecule has 2 heterocycles. The van der Waals surface area contributed by atoms with E-state index < -0.39 is 0 Å². The summed E-state index contributed by atoms with van der Waals surface area (Å²) in [6, 6.07) is 14.0. The van der Waals surface area contributed by atoms with E-state index in [0.29, 0.717) is 17.4 Å². The molecule has 6 heteroatoms. The molecule has 32 heavy (non-hydrogen) atoms. The summed E-state index contributed by atoms with van der Waals surface area (Å²) in [6.45, 7) is 12.0. The Balaban J connectivity index is 1.60. The standard InChI is InChI=1S/C26H28N4O2/c1-15-7-8-22(18(4)9-15)32-14-25(31)27-24-13-20(6)29-30(24)23-12-17(3)21-11-16(2)10-19(5)26(21)28-23/h7-13H,14H2,1-6H3,(H,27,31). The minimum Gasteiger partial charge on any atom is -0.483 e. The number of hydrogen-bond donors (Lipinski definition) is 1. The number of carbonyl (C=O) groups is 1. The molecule has 0 aliphatic carbocycles. The van der Waals surface area contributed by atoms with Gasteiger partial charge in [0.05, 0.1) is 11.2 Å². The zero-order valence-electron chi connectivity index (χ0n) is 19.4. The van der Waals surface area contributed by atoms with Gasteiger partial charge in [0.2, 0.25) is 0 Å². The van der Waals surface area contributed by atoms with Crippen LogP contribution in [0.15, 0.2) is 42.5 Å². The lowest BCUT2D eigenvalue weighted by Gasteiger charge is -2.13. The van der Waals surface area contributed by atoms with E-state index in [9.17, 15) is 4.79 Å². The van der Waals surface area contributed by atoms with Crippen molar-refractivity contribution in [2.75, 3.05) is 11.9 Å². The molecule has 0 saturated carbocycles. The summed E-state index contributed by atoms with van der Waals surface area (Å²) < 4.78 is 7.40. The highest BCUT2D eigenvalue weighted by atomic mass is 16.5. The summed E-state index contributed by atoms with van der Waals surface area (Å²) in [4.78, 5) is 17.5. The predicted octanol–water partition coefficient (Wildman–Crippen LogP) is 5.29. The Morgan fingerprint density at radius 1 is 0.906 bits per heavy atom. The summed E-state index contributed by atoms with van der Waals surface area (Å²) in [5, 5.41) is 8.62. The molecule has 2 aromatic carbocycles. The average Bonchev–Trinajstić information content (AvgIpc) is 3.08. The molecule has 6 nitrogen and oxygen atoms in total. The third-order valence-electron chi connectivity index (χ3n) is 5.45. The summed E-state index contributed by atoms with van der Waals surface area (Å²) >= 11 is 0. The predicted molar refractivity (Wildman–Crippen MR) is 128 cm³/mol. The first-order valence-electron chi connectivity index (χ1n) is 10.7. The van der Waals surface area contributed by atoms with Crippen LogP contribution in [0.4, 0.5) is 5.82 Å². The van der Waals surface area contributed by atoms with E-state index in [-0.39, 0.29) is 12.5 Å². The normalized spacial score (nSPS) is 11.1. The van der Waals surface area contributed by atoms with Crippen LogP contribution < -0.4 is 10.1 Å². The van der Waals surface area contributed by atoms with Crippen molar-refractivity contribution in [3.63, 3.8) is 0 Å². The van der Waals surface area contributed by atoms with E-state index in [1.54, 1.807) is 4.68 Å². The van der Waals surface area contributed by atoms with Crippen molar-refractivity contribution in [3.05, 3.63) is 76.0 Å². The Bertz CT molecular complexity index is 1340. The molecule has 4 rings (SSSR count). The average molecular weight is 429 g/mol. The van der Waals surface area contributed by atoms with Crippen molar-refractivity contribution in [2.45, 2.75) is 41.5 Å². The molecule has 0 radical (unpaired) electrons. The highest BCUT2D eigenvalue weighted by molar-refractivity contribution is 5.91. The van der Waals surface area contributed by atoms with E-state index >= 15 is 0 Å². The van der Waals surface area contributed by atoms with Gasteiger partial charge in [-0.2, -0.15) is 9.78 Å². The van der Waals surface area contributed by atoms with Crippen molar-refractivity contribution in [2.24, 2.45) is 0 Å². The molecule has 4 aromatic rings. The van der Waals surface area contributed by atoms with Gasteiger partial charge in [-0.25, -0.2) is 4.98 Å². The monoisotopic (exact) mass is 428 g/mol. The van der Waals surface area contributed by atoms with E-state index in [4.69, 9.17) is 9.72 Å². The van der Waals surface area contributed by atoms with Crippen LogP contribution in [-0.2, 0) is 4.79 Å². The van der Waals surface area contributed by atoms with Crippen LogP contribution in [0.25, 0.3) is 16.7 Å². The second kappa shape index (κ2) is 8.46. The summed E-state index contributed by atoms with van der Waals surface area (Å²) in [6.07, 6.45) is 0. The van der Waals surface area contributed by atoms with Gasteiger partial charge in [0.15, 0.2) is 12.4 Å². The minimum atomic E-state index is -0.254. The molecule has 0 spiro atoms. The molecule has 0 aliphatic heterocycles. The van der Waals surface area contributed by atoms with Crippen LogP contribution in [0, 0.1) is 41.5 Å². The maximum Gasteiger partial charge on any atom is 0.263 e. The number of ether oxygens (including phenoxy) is 1. The first kappa shape index (κ1) is 21.6. The van der Waals surface area contributed by atoms with Gasteiger partial charge in [-0.15, -0.1) is 0 Å². The summed E-state index contributed by atoms with van der Waals surface area (Å²) in [7, 11) is 0. The number of nitrogens with one attached hydrogen (secondary N) is 1. The highest BCUT2D eigenvalue weighted by Gasteiger charge is 2.15. The summed E-state index contributed by atoms with van der Waals surface area (Å²) in [5.74, 6) is 1.68. The molecule has 164 valence electrons. The fourth-order valence-corrected chi connectivity index (χ4v) is 3.98. The van der Waals surface area contributed by atoms with Crippen LogP contribution in [-0.4, -0.2) is 27.3 Å². The fourth-order valence-electron chi connectivity index (χ4n) is 3.98. The Labute approximate surface area is 188 Å². The Hall–Kier alpha value is -3.67. The number of hydrogen-bond acceptors (Lipinski definition) is 4. The molecular formula is C26H28N4O2. The number of amides is 1. The van der Waals surface area contributed by atoms with Gasteiger partial charge in [0.1, 0.15) is 11.6 Å². The second-order valence-corrected chi connectivity index (χ2v) is 8.46. The Morgan fingerprint density at radius 2 is 1.66 bits per heavy atom. The van der Waals surface area contributed by atoms with Gasteiger partial charge in [-0.1, -0.05) is 29.3 Å². The molecule has 1 amide bonds. The lowest BCUT2D eigenvalue weighted by molar-refractivity contribution is -0.118. The van der Waals surface area contributed by atoms with Crippen LogP contribution in [0.2, 0.25) is 0 Å². The molecule has 0 bridgehead atoms. The number of benzene rings is 2. The molecule has 0 fully saturated rings. The van der Waals surface area contributed by atoms with Crippen molar-refractivity contribution in [1.82, 2.24) is 14.8 Å². The van der Waals surface area contributed by atoms with Gasteiger partial charge >= 0.3 is 0 Å². The van der Waals surface area contributed by atoms with Crippen LogP contribution in [0.3, 0.4) is 0 Å². The zero-order chi connectivity index (χ0) is 23.0. The lowest BCUT2D eigenvalue weighted by Crippen LogP contribution is -2.22. The highest BCUT2D eigenvalue weighted by Crippen LogP contribution is 2.26. The molecular weight excluding hydrogens is 400 g/mol. The Morgan fingerprint density at radius 3 is 2.41 bits per heavy atom. The van der Waals surface area contributed by atoms with Crippen LogP contribution in [0.1, 0.15) is 33.5 Å². The fraction of sp³-hybridized carbons (Fsp3) is 0.269. The van der Waals surface area contributed by atoms with E-state index in [2.05, 4.69) is 43.3 Å². The van der Waals surface area contributed by atoms with E-state index in [0.717, 1.165) is 38.9 Å². The molecule has 1 N–H and O–H groups in total. The lowest BCUT2D eigenvalue weighted by atomic mass is 10.0. The van der Waals surface area contributed by atoms with Crippen LogP contribution >= 0.6 is 0 Å². The number of rotatable bonds is 5. The number of anilines is 1. The van der Waals surface area contributed by atoms with Crippen molar-refractivity contribution < 1.29 is 9.53 Å². The second-order valence-electron chi connectivity index (χ2n) is 8.46. The van der Waals surface area contributed by atoms with E-state index in [1.807, 2.05) is 51.1 Å². The van der Waals surface area contributed by atoms with Crippen LogP contribution in [0.5, 0.6) is 5.75 Å². The first-order chi connectivity index (χ1) is 15.2. The first-order valence-corrected chi connectivity index (χ1v) is 10.7. The molecule has 2 aromatic heterocycles. The maximum absolute atomic E-state index is 12.6. The topological polar surface area (TPSA) is 69.0 Å². The number of carbonyl (C=O) groups excluding carboxylic acids is 1. The quantitative estimate of drug-likeness (QED) is 0.469. The number of pyridine rings is 1. The maximum atomic E-state index is 12.6. The smallest absolute Gasteiger partial charge is 0.263 e. The minimum absolute atomic E-state index is 0.0866. The van der Waals surface area contributed by atoms with Crippen molar-refractivity contribution in [1.29, 1.82) is 0 Å². The van der Waals surface area contributed by atoms with Gasteiger partial charge in [-0.3, -0.25) is 4.79 Å². The van der Waals surface area contributed by atoms with Gasteiger partial charge in [0, 0.05) is 11.5 Å². The molecule has 0 aliphatic rings. The molecule has 0 unspecified atom stereocenters. The molecule has 0 saturated heterocycles. The molecule has 0 atom stereocenters. The SMILES string of the molecule is Cc1ccc(OCC(=O)Nc2cc(C)nn2-c2cc(C)c3cc(C)cc(C)c3n2)c(C)c1. The Kier molecular flexibility index (Phi) is 5.70. The number of aromatic nitrogens is 3. The number of nitrogens with zero attached hydrogens (tertiary/aromatic N) is 3. The van der Waals surface area contributed by atoms with E-state index in [1.165, 1.54) is 5.56 Å². The number of fused-ring (bicyclic) bond motifs is 1. The summed E-state index contributed by atoms with van der Waals surface area (Å²) in [5.41, 5.74) is 7.31. The van der Waals surface area contributed by atoms with Crippen molar-refractivity contribution in [3.8, 4) is 11.6 Å². The van der Waals surface area contributed by atoms with Gasteiger partial charge in [-0.05, 0) is 76.4 Å². The third kappa shape index (κ3) is 4.35. The van der Waals surface area contributed by atoms with Crippen molar-refractivity contribution >= 4 is 22.6 Å². The largest absolute Gasteiger partial charge is 0.483 e. The number of aryl methyl sites for hydroxylation is 6. The van der Waals surface area contributed by atoms with Gasteiger partial charge in [0.25, 0.3) is 5.91 Å².